The smallest absolute Gasteiger partial charge is 0.136 e. The Morgan fingerprint density at radius 2 is 2.21 bits per heavy atom. The molecule has 0 amide bonds. The van der Waals surface area contributed by atoms with E-state index in [2.05, 4.69) is 9.97 Å². The summed E-state index contributed by atoms with van der Waals surface area (Å²) in [6, 6.07) is 5.58. The van der Waals surface area contributed by atoms with Crippen LogP contribution in [0.4, 0.5) is 5.69 Å². The topological polar surface area (TPSA) is 77.0 Å². The minimum atomic E-state index is -0.0995. The van der Waals surface area contributed by atoms with Crippen molar-refractivity contribution in [2.45, 2.75) is 20.1 Å². The second-order valence-electron chi connectivity index (χ2n) is 4.38. The number of rotatable bonds is 3. The highest BCUT2D eigenvalue weighted by molar-refractivity contribution is 7.09. The molecule has 1 aromatic carbocycles. The molecule has 0 aliphatic rings. The average Bonchev–Trinajstić information content (AvgIpc) is 2.94. The van der Waals surface area contributed by atoms with Crippen LogP contribution in [-0.4, -0.2) is 19.6 Å². The molecule has 0 bridgehead atoms. The molecule has 0 saturated carbocycles. The molecule has 0 unspecified atom stereocenters. The van der Waals surface area contributed by atoms with Gasteiger partial charge in [-0.2, -0.15) is 0 Å². The van der Waals surface area contributed by atoms with E-state index in [4.69, 9.17) is 5.73 Å². The van der Waals surface area contributed by atoms with Crippen LogP contribution in [-0.2, 0) is 13.2 Å². The van der Waals surface area contributed by atoms with Crippen molar-refractivity contribution in [3.63, 3.8) is 0 Å². The lowest BCUT2D eigenvalue weighted by atomic mass is 10.3. The van der Waals surface area contributed by atoms with Crippen LogP contribution in [0.3, 0.4) is 0 Å². The SMILES string of the molecule is Cc1nc(Cn2c(CO)nc3cc(N)ccc32)cs1. The van der Waals surface area contributed by atoms with E-state index < -0.39 is 0 Å². The van der Waals surface area contributed by atoms with E-state index >= 15 is 0 Å². The third-order valence-corrected chi connectivity index (χ3v) is 3.80. The molecule has 3 aromatic rings. The third kappa shape index (κ3) is 2.20. The van der Waals surface area contributed by atoms with Crippen LogP contribution in [0.1, 0.15) is 16.5 Å². The standard InChI is InChI=1S/C13H14N4OS/c1-8-15-10(7-19-8)5-17-12-3-2-9(14)4-11(12)16-13(17)6-18/h2-4,7,18H,5-6,14H2,1H3. The molecule has 6 heteroatoms. The largest absolute Gasteiger partial charge is 0.399 e. The van der Waals surface area contributed by atoms with Crippen LogP contribution >= 0.6 is 11.3 Å². The number of aryl methyl sites for hydroxylation is 1. The first-order chi connectivity index (χ1) is 9.17. The number of fused-ring (bicyclic) bond motifs is 1. The molecule has 3 rings (SSSR count). The number of benzene rings is 1. The van der Waals surface area contributed by atoms with Gasteiger partial charge < -0.3 is 15.4 Å². The van der Waals surface area contributed by atoms with E-state index in [1.54, 1.807) is 11.3 Å². The lowest BCUT2D eigenvalue weighted by molar-refractivity contribution is 0.267. The van der Waals surface area contributed by atoms with Crippen LogP contribution < -0.4 is 5.73 Å². The molecule has 0 aliphatic carbocycles. The third-order valence-electron chi connectivity index (χ3n) is 2.98. The van der Waals surface area contributed by atoms with Crippen molar-refractivity contribution in [2.75, 3.05) is 5.73 Å². The van der Waals surface area contributed by atoms with E-state index in [1.807, 2.05) is 35.1 Å². The Bertz CT molecular complexity index is 731. The molecule has 0 radical (unpaired) electrons. The van der Waals surface area contributed by atoms with Crippen LogP contribution in [0, 0.1) is 6.92 Å². The lowest BCUT2D eigenvalue weighted by Gasteiger charge is -2.05. The average molecular weight is 274 g/mol. The van der Waals surface area contributed by atoms with Gasteiger partial charge in [0.1, 0.15) is 12.4 Å². The highest BCUT2D eigenvalue weighted by atomic mass is 32.1. The fourth-order valence-electron chi connectivity index (χ4n) is 2.14. The first kappa shape index (κ1) is 12.1. The number of anilines is 1. The summed E-state index contributed by atoms with van der Waals surface area (Å²) >= 11 is 1.62. The lowest BCUT2D eigenvalue weighted by Crippen LogP contribution is -2.05. The van der Waals surface area contributed by atoms with Gasteiger partial charge in [-0.1, -0.05) is 0 Å². The summed E-state index contributed by atoms with van der Waals surface area (Å²) in [4.78, 5) is 8.85. The summed E-state index contributed by atoms with van der Waals surface area (Å²) in [5.74, 6) is 0.631. The van der Waals surface area contributed by atoms with Crippen molar-refractivity contribution in [3.05, 3.63) is 40.1 Å². The molecule has 2 aromatic heterocycles. The number of aliphatic hydroxyl groups excluding tert-OH is 1. The summed E-state index contributed by atoms with van der Waals surface area (Å²) in [7, 11) is 0. The number of imidazole rings is 1. The van der Waals surface area contributed by atoms with Crippen molar-refractivity contribution in [1.82, 2.24) is 14.5 Å². The van der Waals surface area contributed by atoms with Crippen molar-refractivity contribution >= 4 is 28.1 Å². The maximum atomic E-state index is 9.44. The van der Waals surface area contributed by atoms with Crippen LogP contribution in [0.5, 0.6) is 0 Å². The number of aromatic nitrogens is 3. The number of hydrogen-bond acceptors (Lipinski definition) is 5. The number of nitrogen functional groups attached to an aromatic ring is 1. The van der Waals surface area contributed by atoms with Gasteiger partial charge in [0.2, 0.25) is 0 Å². The zero-order chi connectivity index (χ0) is 13.4. The Morgan fingerprint density at radius 1 is 1.37 bits per heavy atom. The molecular formula is C13H14N4OS. The van der Waals surface area contributed by atoms with Gasteiger partial charge in [-0.3, -0.25) is 0 Å². The Hall–Kier alpha value is -1.92. The van der Waals surface area contributed by atoms with Crippen molar-refractivity contribution in [2.24, 2.45) is 0 Å². The molecule has 2 heterocycles. The Balaban J connectivity index is 2.10. The second-order valence-corrected chi connectivity index (χ2v) is 5.44. The van der Waals surface area contributed by atoms with Crippen LogP contribution in [0.15, 0.2) is 23.6 Å². The molecule has 98 valence electrons. The number of nitrogens with two attached hydrogens (primary N) is 1. The van der Waals surface area contributed by atoms with E-state index in [-0.39, 0.29) is 6.61 Å². The number of thiazole rings is 1. The normalized spacial score (nSPS) is 11.3. The highest BCUT2D eigenvalue weighted by Crippen LogP contribution is 2.21. The minimum absolute atomic E-state index is 0.0995. The van der Waals surface area contributed by atoms with Crippen LogP contribution in [0.2, 0.25) is 0 Å². The van der Waals surface area contributed by atoms with Crippen LogP contribution in [0.25, 0.3) is 11.0 Å². The van der Waals surface area contributed by atoms with Crippen molar-refractivity contribution < 1.29 is 5.11 Å². The fourth-order valence-corrected chi connectivity index (χ4v) is 2.74. The molecule has 0 saturated heterocycles. The Morgan fingerprint density at radius 3 is 2.89 bits per heavy atom. The van der Waals surface area contributed by atoms with Gasteiger partial charge in [0, 0.05) is 11.1 Å². The summed E-state index contributed by atoms with van der Waals surface area (Å²) in [5.41, 5.74) is 9.17. The maximum Gasteiger partial charge on any atom is 0.136 e. The number of hydrogen-bond donors (Lipinski definition) is 2. The molecular weight excluding hydrogens is 260 g/mol. The fraction of sp³-hybridized carbons (Fsp3) is 0.231. The quantitative estimate of drug-likeness (QED) is 0.715. The number of aliphatic hydroxyl groups is 1. The molecule has 0 fully saturated rings. The van der Waals surface area contributed by atoms with Gasteiger partial charge in [0.05, 0.1) is 28.3 Å². The van der Waals surface area contributed by atoms with E-state index in [1.165, 1.54) is 0 Å². The van der Waals surface area contributed by atoms with E-state index in [0.29, 0.717) is 18.1 Å². The summed E-state index contributed by atoms with van der Waals surface area (Å²) in [5, 5.41) is 12.5. The monoisotopic (exact) mass is 274 g/mol. The zero-order valence-electron chi connectivity index (χ0n) is 10.5. The van der Waals surface area contributed by atoms with Gasteiger partial charge in [-0.05, 0) is 25.1 Å². The molecule has 5 nitrogen and oxygen atoms in total. The van der Waals surface area contributed by atoms with Gasteiger partial charge in [0.15, 0.2) is 0 Å². The predicted molar refractivity (Wildman–Crippen MR) is 76.0 cm³/mol. The summed E-state index contributed by atoms with van der Waals surface area (Å²) in [6.07, 6.45) is 0. The summed E-state index contributed by atoms with van der Waals surface area (Å²) in [6.45, 7) is 2.49. The van der Waals surface area contributed by atoms with Crippen molar-refractivity contribution in [3.8, 4) is 0 Å². The maximum absolute atomic E-state index is 9.44. The molecule has 0 atom stereocenters. The first-order valence-corrected chi connectivity index (χ1v) is 6.82. The van der Waals surface area contributed by atoms with Gasteiger partial charge >= 0.3 is 0 Å². The highest BCUT2D eigenvalue weighted by Gasteiger charge is 2.11. The van der Waals surface area contributed by atoms with E-state index in [9.17, 15) is 5.11 Å². The van der Waals surface area contributed by atoms with Gasteiger partial charge in [-0.15, -0.1) is 11.3 Å². The second kappa shape index (κ2) is 4.64. The number of nitrogens with zero attached hydrogens (tertiary/aromatic N) is 3. The van der Waals surface area contributed by atoms with Crippen molar-refractivity contribution in [1.29, 1.82) is 0 Å². The molecule has 19 heavy (non-hydrogen) atoms. The molecule has 0 spiro atoms. The molecule has 0 aliphatic heterocycles. The molecule has 3 N–H and O–H groups in total. The predicted octanol–water partition coefficient (Wildman–Crippen LogP) is 1.92. The minimum Gasteiger partial charge on any atom is -0.399 e. The van der Waals surface area contributed by atoms with E-state index in [0.717, 1.165) is 21.7 Å². The Labute approximate surface area is 114 Å². The summed E-state index contributed by atoms with van der Waals surface area (Å²) < 4.78 is 1.98. The van der Waals surface area contributed by atoms with Gasteiger partial charge in [0.25, 0.3) is 0 Å². The Kier molecular flexibility index (Phi) is 2.96. The van der Waals surface area contributed by atoms with Gasteiger partial charge in [-0.25, -0.2) is 9.97 Å². The zero-order valence-corrected chi connectivity index (χ0v) is 11.3. The first-order valence-electron chi connectivity index (χ1n) is 5.94.